The summed E-state index contributed by atoms with van der Waals surface area (Å²) in [5.41, 5.74) is 1.98. The fraction of sp³-hybridized carbons (Fsp3) is 0.438. The Hall–Kier alpha value is -1.45. The van der Waals surface area contributed by atoms with Crippen LogP contribution in [0.25, 0.3) is 10.9 Å². The maximum Gasteiger partial charge on any atom is 0.0842 e. The Morgan fingerprint density at radius 3 is 2.68 bits per heavy atom. The number of hydrogen-bond donors (Lipinski definition) is 1. The van der Waals surface area contributed by atoms with Crippen LogP contribution < -0.4 is 5.32 Å². The monoisotopic (exact) mass is 258 g/mol. The first-order valence-electron chi connectivity index (χ1n) is 6.72. The van der Waals surface area contributed by atoms with E-state index in [2.05, 4.69) is 48.4 Å². The number of nitrogens with zero attached hydrogens (tertiary/aromatic N) is 1. The first kappa shape index (κ1) is 14.0. The molecule has 0 bridgehead atoms. The number of methoxy groups -OCH3 is 1. The predicted molar refractivity (Wildman–Crippen MR) is 79.2 cm³/mol. The lowest BCUT2D eigenvalue weighted by Crippen LogP contribution is -2.41. The molecule has 0 saturated heterocycles. The zero-order chi connectivity index (χ0) is 13.9. The standard InChI is InChI=1S/C16H22N2O/c1-5-16(2,19-4)15(17-3)13-10-6-8-12-9-7-11-18-14(12)13/h6-11,15,17H,5H2,1-4H3. The third-order valence-corrected chi connectivity index (χ3v) is 4.04. The van der Waals surface area contributed by atoms with Crippen LogP contribution in [0, 0.1) is 0 Å². The zero-order valence-electron chi connectivity index (χ0n) is 12.1. The van der Waals surface area contributed by atoms with Crippen molar-refractivity contribution in [2.75, 3.05) is 14.2 Å². The molecule has 2 rings (SSSR count). The van der Waals surface area contributed by atoms with Gasteiger partial charge in [0, 0.05) is 18.7 Å². The number of hydrogen-bond acceptors (Lipinski definition) is 3. The Bertz CT molecular complexity index is 544. The predicted octanol–water partition coefficient (Wildman–Crippen LogP) is 3.31. The van der Waals surface area contributed by atoms with Gasteiger partial charge in [0.15, 0.2) is 0 Å². The van der Waals surface area contributed by atoms with E-state index in [-0.39, 0.29) is 11.6 Å². The SMILES string of the molecule is CCC(C)(OC)C(NC)c1cccc2cccnc12. The molecule has 3 heteroatoms. The highest BCUT2D eigenvalue weighted by atomic mass is 16.5. The fourth-order valence-electron chi connectivity index (χ4n) is 2.62. The molecule has 2 atom stereocenters. The van der Waals surface area contributed by atoms with E-state index in [0.717, 1.165) is 17.3 Å². The van der Waals surface area contributed by atoms with Gasteiger partial charge in [0.1, 0.15) is 0 Å². The lowest BCUT2D eigenvalue weighted by atomic mass is 9.86. The highest BCUT2D eigenvalue weighted by Crippen LogP contribution is 2.34. The summed E-state index contributed by atoms with van der Waals surface area (Å²) in [5.74, 6) is 0. The second kappa shape index (κ2) is 5.68. The molecule has 0 aliphatic rings. The molecule has 102 valence electrons. The lowest BCUT2D eigenvalue weighted by molar-refractivity contribution is -0.0277. The van der Waals surface area contributed by atoms with Crippen molar-refractivity contribution < 1.29 is 4.74 Å². The van der Waals surface area contributed by atoms with Gasteiger partial charge in [-0.2, -0.15) is 0 Å². The van der Waals surface area contributed by atoms with Crippen molar-refractivity contribution in [2.24, 2.45) is 0 Å². The van der Waals surface area contributed by atoms with Crippen molar-refractivity contribution in [3.63, 3.8) is 0 Å². The van der Waals surface area contributed by atoms with Crippen LogP contribution >= 0.6 is 0 Å². The summed E-state index contributed by atoms with van der Waals surface area (Å²) in [6.45, 7) is 4.28. The Morgan fingerprint density at radius 1 is 1.32 bits per heavy atom. The summed E-state index contributed by atoms with van der Waals surface area (Å²) < 4.78 is 5.75. The Morgan fingerprint density at radius 2 is 2.05 bits per heavy atom. The van der Waals surface area contributed by atoms with E-state index in [1.807, 2.05) is 19.3 Å². The van der Waals surface area contributed by atoms with E-state index in [9.17, 15) is 0 Å². The van der Waals surface area contributed by atoms with Crippen molar-refractivity contribution in [1.29, 1.82) is 0 Å². The molecule has 0 radical (unpaired) electrons. The van der Waals surface area contributed by atoms with Crippen molar-refractivity contribution in [1.82, 2.24) is 10.3 Å². The zero-order valence-corrected chi connectivity index (χ0v) is 12.1. The average molecular weight is 258 g/mol. The number of nitrogens with one attached hydrogen (secondary N) is 1. The average Bonchev–Trinajstić information content (AvgIpc) is 2.48. The second-order valence-corrected chi connectivity index (χ2v) is 5.01. The van der Waals surface area contributed by atoms with Crippen LogP contribution in [-0.4, -0.2) is 24.7 Å². The molecule has 19 heavy (non-hydrogen) atoms. The first-order valence-corrected chi connectivity index (χ1v) is 6.72. The smallest absolute Gasteiger partial charge is 0.0842 e. The summed E-state index contributed by atoms with van der Waals surface area (Å²) in [5, 5.41) is 4.55. The van der Waals surface area contributed by atoms with Gasteiger partial charge in [-0.15, -0.1) is 0 Å². The third kappa shape index (κ3) is 2.48. The van der Waals surface area contributed by atoms with Crippen LogP contribution in [-0.2, 0) is 4.74 Å². The third-order valence-electron chi connectivity index (χ3n) is 4.04. The summed E-state index contributed by atoms with van der Waals surface area (Å²) in [4.78, 5) is 4.54. The topological polar surface area (TPSA) is 34.1 Å². The number of fused-ring (bicyclic) bond motifs is 1. The van der Waals surface area contributed by atoms with E-state index in [1.165, 1.54) is 5.56 Å². The molecule has 0 fully saturated rings. The van der Waals surface area contributed by atoms with Gasteiger partial charge in [-0.25, -0.2) is 0 Å². The molecule has 1 heterocycles. The molecule has 0 aliphatic heterocycles. The molecular weight excluding hydrogens is 236 g/mol. The highest BCUT2D eigenvalue weighted by molar-refractivity contribution is 5.82. The largest absolute Gasteiger partial charge is 0.377 e. The van der Waals surface area contributed by atoms with Gasteiger partial charge in [-0.1, -0.05) is 31.2 Å². The maximum atomic E-state index is 5.75. The number of benzene rings is 1. The Kier molecular flexibility index (Phi) is 4.17. The summed E-state index contributed by atoms with van der Waals surface area (Å²) in [7, 11) is 3.74. The van der Waals surface area contributed by atoms with Gasteiger partial charge in [-0.3, -0.25) is 4.98 Å². The van der Waals surface area contributed by atoms with Gasteiger partial charge >= 0.3 is 0 Å². The summed E-state index contributed by atoms with van der Waals surface area (Å²) >= 11 is 0. The molecule has 1 aromatic carbocycles. The fourth-order valence-corrected chi connectivity index (χ4v) is 2.62. The van der Waals surface area contributed by atoms with Crippen molar-refractivity contribution in [3.8, 4) is 0 Å². The van der Waals surface area contributed by atoms with Crippen LogP contribution in [0.3, 0.4) is 0 Å². The molecule has 0 amide bonds. The van der Waals surface area contributed by atoms with Crippen LogP contribution in [0.15, 0.2) is 36.5 Å². The highest BCUT2D eigenvalue weighted by Gasteiger charge is 2.33. The van der Waals surface area contributed by atoms with E-state index < -0.39 is 0 Å². The minimum Gasteiger partial charge on any atom is -0.377 e. The van der Waals surface area contributed by atoms with Crippen LogP contribution in [0.4, 0.5) is 0 Å². The quantitative estimate of drug-likeness (QED) is 0.893. The molecule has 0 saturated carbocycles. The van der Waals surface area contributed by atoms with E-state index in [0.29, 0.717) is 0 Å². The van der Waals surface area contributed by atoms with Gasteiger partial charge in [0.25, 0.3) is 0 Å². The number of para-hydroxylation sites is 1. The summed E-state index contributed by atoms with van der Waals surface area (Å²) in [6, 6.07) is 10.5. The molecule has 0 spiro atoms. The second-order valence-electron chi connectivity index (χ2n) is 5.01. The van der Waals surface area contributed by atoms with Crippen molar-refractivity contribution in [3.05, 3.63) is 42.1 Å². The molecule has 0 aliphatic carbocycles. The molecule has 3 nitrogen and oxygen atoms in total. The number of rotatable bonds is 5. The van der Waals surface area contributed by atoms with Crippen molar-refractivity contribution in [2.45, 2.75) is 31.9 Å². The molecular formula is C16H22N2O. The van der Waals surface area contributed by atoms with Gasteiger partial charge < -0.3 is 10.1 Å². The molecule has 2 aromatic rings. The number of ether oxygens (including phenoxy) is 1. The van der Waals surface area contributed by atoms with E-state index >= 15 is 0 Å². The first-order chi connectivity index (χ1) is 9.16. The number of likely N-dealkylation sites (N-methyl/N-ethyl adjacent to an activating group) is 1. The number of aromatic nitrogens is 1. The van der Waals surface area contributed by atoms with E-state index in [4.69, 9.17) is 4.74 Å². The Labute approximate surface area is 115 Å². The van der Waals surface area contributed by atoms with E-state index in [1.54, 1.807) is 7.11 Å². The van der Waals surface area contributed by atoms with Gasteiger partial charge in [-0.05, 0) is 32.0 Å². The molecule has 2 unspecified atom stereocenters. The lowest BCUT2D eigenvalue weighted by Gasteiger charge is -2.36. The Balaban J connectivity index is 2.58. The molecule has 1 aromatic heterocycles. The summed E-state index contributed by atoms with van der Waals surface area (Å²) in [6.07, 6.45) is 2.77. The van der Waals surface area contributed by atoms with Crippen LogP contribution in [0.2, 0.25) is 0 Å². The van der Waals surface area contributed by atoms with Gasteiger partial charge in [0.05, 0.1) is 17.2 Å². The minimum absolute atomic E-state index is 0.112. The number of pyridine rings is 1. The minimum atomic E-state index is -0.249. The van der Waals surface area contributed by atoms with Crippen molar-refractivity contribution >= 4 is 10.9 Å². The molecule has 1 N–H and O–H groups in total. The van der Waals surface area contributed by atoms with Gasteiger partial charge in [0.2, 0.25) is 0 Å². The van der Waals surface area contributed by atoms with Crippen LogP contribution in [0.5, 0.6) is 0 Å². The van der Waals surface area contributed by atoms with Crippen LogP contribution in [0.1, 0.15) is 31.9 Å². The normalized spacial score (nSPS) is 16.2. The maximum absolute atomic E-state index is 5.75.